The van der Waals surface area contributed by atoms with Crippen LogP contribution in [-0.4, -0.2) is 23.3 Å². The Bertz CT molecular complexity index is 315. The predicted molar refractivity (Wildman–Crippen MR) is 65.6 cm³/mol. The summed E-state index contributed by atoms with van der Waals surface area (Å²) in [6, 6.07) is 4.56. The summed E-state index contributed by atoms with van der Waals surface area (Å²) < 4.78 is 0. The van der Waals surface area contributed by atoms with Crippen molar-refractivity contribution in [1.82, 2.24) is 10.3 Å². The minimum atomic E-state index is 0.762. The van der Waals surface area contributed by atoms with E-state index in [1.54, 1.807) is 18.0 Å². The van der Waals surface area contributed by atoms with E-state index in [9.17, 15) is 0 Å². The van der Waals surface area contributed by atoms with Crippen molar-refractivity contribution in [1.29, 1.82) is 0 Å². The van der Waals surface area contributed by atoms with Gasteiger partial charge in [-0.3, -0.25) is 0 Å². The second-order valence-corrected chi connectivity index (χ2v) is 5.21. The Kier molecular flexibility index (Phi) is 4.29. The van der Waals surface area contributed by atoms with Crippen LogP contribution in [0.4, 0.5) is 0 Å². The number of aromatic nitrogens is 1. The Morgan fingerprint density at radius 2 is 2.40 bits per heavy atom. The first kappa shape index (κ1) is 11.2. The second kappa shape index (κ2) is 5.73. The molecule has 2 rings (SSSR count). The van der Waals surface area contributed by atoms with Gasteiger partial charge in [0.1, 0.15) is 5.03 Å². The van der Waals surface area contributed by atoms with Crippen molar-refractivity contribution < 1.29 is 0 Å². The van der Waals surface area contributed by atoms with Gasteiger partial charge in [0.15, 0.2) is 0 Å². The number of thioether (sulfide) groups is 1. The highest BCUT2D eigenvalue weighted by Crippen LogP contribution is 2.24. The number of pyridine rings is 1. The molecule has 4 heteroatoms. The summed E-state index contributed by atoms with van der Waals surface area (Å²) in [6.07, 6.45) is 5.68. The van der Waals surface area contributed by atoms with Crippen molar-refractivity contribution in [3.63, 3.8) is 0 Å². The van der Waals surface area contributed by atoms with Gasteiger partial charge in [0.2, 0.25) is 0 Å². The number of hydrogen-bond donors (Lipinski definition) is 1. The Hall–Kier alpha value is -0.250. The first-order valence-corrected chi connectivity index (χ1v) is 6.69. The van der Waals surface area contributed by atoms with Gasteiger partial charge in [-0.05, 0) is 37.9 Å². The SMILES string of the molecule is Clc1cccnc1SCCCNC1CC1. The van der Waals surface area contributed by atoms with Gasteiger partial charge in [-0.15, -0.1) is 11.8 Å². The highest BCUT2D eigenvalue weighted by molar-refractivity contribution is 7.99. The monoisotopic (exact) mass is 242 g/mol. The predicted octanol–water partition coefficient (Wildman–Crippen LogP) is 2.97. The molecule has 15 heavy (non-hydrogen) atoms. The topological polar surface area (TPSA) is 24.9 Å². The number of nitrogens with zero attached hydrogens (tertiary/aromatic N) is 1. The normalized spacial score (nSPS) is 15.5. The summed E-state index contributed by atoms with van der Waals surface area (Å²) in [7, 11) is 0. The summed E-state index contributed by atoms with van der Waals surface area (Å²) in [6.45, 7) is 1.11. The molecule has 2 nitrogen and oxygen atoms in total. The van der Waals surface area contributed by atoms with Gasteiger partial charge in [-0.1, -0.05) is 11.6 Å². The van der Waals surface area contributed by atoms with E-state index in [1.165, 1.54) is 19.3 Å². The summed E-state index contributed by atoms with van der Waals surface area (Å²) >= 11 is 7.73. The molecule has 1 heterocycles. The molecule has 0 amide bonds. The van der Waals surface area contributed by atoms with Crippen LogP contribution in [0, 0.1) is 0 Å². The quantitative estimate of drug-likeness (QED) is 0.613. The molecule has 82 valence electrons. The molecular formula is C11H15ClN2S. The molecular weight excluding hydrogens is 228 g/mol. The van der Waals surface area contributed by atoms with Gasteiger partial charge in [0.05, 0.1) is 5.02 Å². The minimum absolute atomic E-state index is 0.762. The molecule has 0 unspecified atom stereocenters. The number of halogens is 1. The van der Waals surface area contributed by atoms with E-state index in [4.69, 9.17) is 11.6 Å². The van der Waals surface area contributed by atoms with E-state index in [0.29, 0.717) is 0 Å². The lowest BCUT2D eigenvalue weighted by Gasteiger charge is -2.03. The summed E-state index contributed by atoms with van der Waals surface area (Å²) in [5.41, 5.74) is 0. The lowest BCUT2D eigenvalue weighted by molar-refractivity contribution is 0.674. The van der Waals surface area contributed by atoms with E-state index in [-0.39, 0.29) is 0 Å². The van der Waals surface area contributed by atoms with Crippen molar-refractivity contribution in [3.8, 4) is 0 Å². The van der Waals surface area contributed by atoms with E-state index < -0.39 is 0 Å². The zero-order valence-corrected chi connectivity index (χ0v) is 10.2. The molecule has 0 radical (unpaired) electrons. The molecule has 0 atom stereocenters. The molecule has 0 spiro atoms. The summed E-state index contributed by atoms with van der Waals surface area (Å²) in [5.74, 6) is 1.08. The number of hydrogen-bond acceptors (Lipinski definition) is 3. The Morgan fingerprint density at radius 1 is 1.53 bits per heavy atom. The third-order valence-electron chi connectivity index (χ3n) is 2.29. The van der Waals surface area contributed by atoms with Gasteiger partial charge in [-0.2, -0.15) is 0 Å². The molecule has 0 saturated heterocycles. The molecule has 1 aromatic rings. The van der Waals surface area contributed by atoms with Crippen molar-refractivity contribution in [2.45, 2.75) is 30.3 Å². The van der Waals surface area contributed by atoms with Crippen LogP contribution in [0.3, 0.4) is 0 Å². The molecule has 1 fully saturated rings. The lowest BCUT2D eigenvalue weighted by atomic mass is 10.5. The molecule has 1 aromatic heterocycles. The van der Waals surface area contributed by atoms with E-state index in [2.05, 4.69) is 10.3 Å². The highest BCUT2D eigenvalue weighted by Gasteiger charge is 2.19. The van der Waals surface area contributed by atoms with Crippen molar-refractivity contribution >= 4 is 23.4 Å². The van der Waals surface area contributed by atoms with Gasteiger partial charge >= 0.3 is 0 Å². The maximum absolute atomic E-state index is 6.00. The Balaban J connectivity index is 1.62. The Morgan fingerprint density at radius 3 is 3.13 bits per heavy atom. The molecule has 0 bridgehead atoms. The van der Waals surface area contributed by atoms with Gasteiger partial charge in [0, 0.05) is 18.0 Å². The maximum atomic E-state index is 6.00. The van der Waals surface area contributed by atoms with Crippen LogP contribution < -0.4 is 5.32 Å². The fraction of sp³-hybridized carbons (Fsp3) is 0.545. The average molecular weight is 243 g/mol. The van der Waals surface area contributed by atoms with Crippen molar-refractivity contribution in [3.05, 3.63) is 23.4 Å². The zero-order chi connectivity index (χ0) is 10.5. The van der Waals surface area contributed by atoms with Crippen molar-refractivity contribution in [2.75, 3.05) is 12.3 Å². The molecule has 1 saturated carbocycles. The first-order chi connectivity index (χ1) is 7.36. The van der Waals surface area contributed by atoms with Crippen LogP contribution in [-0.2, 0) is 0 Å². The maximum Gasteiger partial charge on any atom is 0.115 e. The number of rotatable bonds is 6. The third kappa shape index (κ3) is 4.01. The van der Waals surface area contributed by atoms with Gasteiger partial charge in [-0.25, -0.2) is 4.98 Å². The molecule has 1 aliphatic carbocycles. The Labute approximate surface area is 99.8 Å². The number of nitrogens with one attached hydrogen (secondary N) is 1. The summed E-state index contributed by atoms with van der Waals surface area (Å²) in [5, 5.41) is 5.20. The largest absolute Gasteiger partial charge is 0.314 e. The molecule has 0 aromatic carbocycles. The van der Waals surface area contributed by atoms with Crippen LogP contribution in [0.25, 0.3) is 0 Å². The lowest BCUT2D eigenvalue weighted by Crippen LogP contribution is -2.17. The standard InChI is InChI=1S/C11H15ClN2S/c12-10-3-1-6-14-11(10)15-8-2-7-13-9-4-5-9/h1,3,6,9,13H,2,4-5,7-8H2. The van der Waals surface area contributed by atoms with Gasteiger partial charge < -0.3 is 5.32 Å². The fourth-order valence-corrected chi connectivity index (χ4v) is 2.42. The summed E-state index contributed by atoms with van der Waals surface area (Å²) in [4.78, 5) is 4.23. The smallest absolute Gasteiger partial charge is 0.115 e. The van der Waals surface area contributed by atoms with E-state index in [1.807, 2.05) is 12.1 Å². The van der Waals surface area contributed by atoms with Crippen LogP contribution in [0.15, 0.2) is 23.4 Å². The minimum Gasteiger partial charge on any atom is -0.314 e. The zero-order valence-electron chi connectivity index (χ0n) is 8.58. The molecule has 1 aliphatic rings. The third-order valence-corrected chi connectivity index (χ3v) is 3.80. The first-order valence-electron chi connectivity index (χ1n) is 5.33. The van der Waals surface area contributed by atoms with Gasteiger partial charge in [0.25, 0.3) is 0 Å². The second-order valence-electron chi connectivity index (χ2n) is 3.72. The average Bonchev–Trinajstić information content (AvgIpc) is 3.04. The fourth-order valence-electron chi connectivity index (χ4n) is 1.31. The van der Waals surface area contributed by atoms with Crippen LogP contribution in [0.2, 0.25) is 5.02 Å². The molecule has 0 aliphatic heterocycles. The van der Waals surface area contributed by atoms with Crippen LogP contribution in [0.5, 0.6) is 0 Å². The van der Waals surface area contributed by atoms with Crippen molar-refractivity contribution in [2.24, 2.45) is 0 Å². The van der Waals surface area contributed by atoms with E-state index >= 15 is 0 Å². The van der Waals surface area contributed by atoms with E-state index in [0.717, 1.165) is 28.4 Å². The van der Waals surface area contributed by atoms with Crippen LogP contribution in [0.1, 0.15) is 19.3 Å². The van der Waals surface area contributed by atoms with Crippen LogP contribution >= 0.6 is 23.4 Å². The molecule has 1 N–H and O–H groups in total. The highest BCUT2D eigenvalue weighted by atomic mass is 35.5.